The Morgan fingerprint density at radius 1 is 1.29 bits per heavy atom. The van der Waals surface area contributed by atoms with Crippen LogP contribution < -0.4 is 5.32 Å². The van der Waals surface area contributed by atoms with Gasteiger partial charge in [-0.3, -0.25) is 9.59 Å². The van der Waals surface area contributed by atoms with Gasteiger partial charge in [0.1, 0.15) is 5.78 Å². The fraction of sp³-hybridized carbons (Fsp3) is 0.667. The van der Waals surface area contributed by atoms with Gasteiger partial charge in [0.05, 0.1) is 47.4 Å². The van der Waals surface area contributed by atoms with Crippen molar-refractivity contribution in [3.8, 4) is 0 Å². The molecule has 196 valence electrons. The molecule has 1 aromatic heterocycles. The topological polar surface area (TPSA) is 120 Å². The first-order valence-corrected chi connectivity index (χ1v) is 13.3. The van der Waals surface area contributed by atoms with Gasteiger partial charge in [-0.15, -0.1) is 11.3 Å². The molecule has 0 bridgehead atoms. The second-order valence-corrected chi connectivity index (χ2v) is 11.6. The molecule has 1 amide bonds. The average molecular weight is 507 g/mol. The molecule has 4 N–H and O–H groups in total. The van der Waals surface area contributed by atoms with E-state index in [9.17, 15) is 24.9 Å². The number of carbonyl (C=O) groups is 2. The highest BCUT2D eigenvalue weighted by atomic mass is 32.1. The van der Waals surface area contributed by atoms with Gasteiger partial charge in [-0.2, -0.15) is 0 Å². The number of hydrogen-bond donors (Lipinski definition) is 4. The van der Waals surface area contributed by atoms with E-state index >= 15 is 0 Å². The molecule has 0 radical (unpaired) electrons. The lowest BCUT2D eigenvalue weighted by Gasteiger charge is -2.34. The lowest BCUT2D eigenvalue weighted by Crippen LogP contribution is -2.47. The molecule has 1 aliphatic heterocycles. The fourth-order valence-corrected chi connectivity index (χ4v) is 5.14. The maximum absolute atomic E-state index is 13.2. The molecule has 0 saturated carbocycles. The Hall–Kier alpha value is -1.87. The monoisotopic (exact) mass is 506 g/mol. The summed E-state index contributed by atoms with van der Waals surface area (Å²) in [6.07, 6.45) is 4.28. The number of nitrogens with one attached hydrogen (secondary N) is 1. The van der Waals surface area contributed by atoms with Gasteiger partial charge < -0.3 is 20.6 Å². The molecule has 0 fully saturated rings. The number of nitrogens with zero attached hydrogens (tertiary/aromatic N) is 1. The number of aliphatic hydroxyl groups excluding tert-OH is 3. The summed E-state index contributed by atoms with van der Waals surface area (Å²) in [5, 5.41) is 37.4. The van der Waals surface area contributed by atoms with Gasteiger partial charge in [-0.1, -0.05) is 33.8 Å². The molecule has 1 aliphatic rings. The van der Waals surface area contributed by atoms with E-state index in [-0.39, 0.29) is 36.7 Å². The SMILES string of the molecule is C/C(=C\c1csc(C)n1)[C@@H]1C/C=C(/CO)CCC[C@H](C)[C@H](O)[C@@H](C)C(=O)C(C)(C)[C@@H](O)CC(=O)N1. The van der Waals surface area contributed by atoms with Crippen molar-refractivity contribution in [2.75, 3.05) is 6.61 Å². The minimum atomic E-state index is -1.19. The molecular weight excluding hydrogens is 464 g/mol. The maximum Gasteiger partial charge on any atom is 0.223 e. The normalized spacial score (nSPS) is 31.5. The van der Waals surface area contributed by atoms with Gasteiger partial charge in [-0.05, 0) is 62.7 Å². The van der Waals surface area contributed by atoms with Crippen molar-refractivity contribution in [2.45, 2.75) is 91.9 Å². The zero-order valence-electron chi connectivity index (χ0n) is 21.9. The summed E-state index contributed by atoms with van der Waals surface area (Å²) >= 11 is 1.55. The van der Waals surface area contributed by atoms with E-state index in [0.29, 0.717) is 19.3 Å². The molecule has 2 rings (SSSR count). The number of aryl methyl sites for hydroxylation is 1. The minimum absolute atomic E-state index is 0.0760. The van der Waals surface area contributed by atoms with Crippen LogP contribution in [0.15, 0.2) is 22.6 Å². The second-order valence-electron chi connectivity index (χ2n) is 10.5. The number of Topliss-reactive ketones (excluding diaryl/α,β-unsaturated/α-hetero) is 1. The zero-order chi connectivity index (χ0) is 26.3. The third-order valence-corrected chi connectivity index (χ3v) is 8.05. The van der Waals surface area contributed by atoms with Crippen molar-refractivity contribution in [1.82, 2.24) is 10.3 Å². The number of aromatic nitrogens is 1. The van der Waals surface area contributed by atoms with Gasteiger partial charge in [0.2, 0.25) is 5.91 Å². The van der Waals surface area contributed by atoms with Crippen LogP contribution in [-0.4, -0.2) is 56.9 Å². The Bertz CT molecular complexity index is 936. The fourth-order valence-electron chi connectivity index (χ4n) is 4.57. The Balaban J connectivity index is 2.37. The molecule has 0 aliphatic carbocycles. The Kier molecular flexibility index (Phi) is 10.8. The Morgan fingerprint density at radius 2 is 1.97 bits per heavy atom. The van der Waals surface area contributed by atoms with Crippen molar-refractivity contribution >= 4 is 29.1 Å². The first-order valence-electron chi connectivity index (χ1n) is 12.5. The van der Waals surface area contributed by atoms with E-state index in [2.05, 4.69) is 10.3 Å². The summed E-state index contributed by atoms with van der Waals surface area (Å²) < 4.78 is 0. The molecular formula is C27H42N2O5S. The van der Waals surface area contributed by atoms with Crippen molar-refractivity contribution in [1.29, 1.82) is 0 Å². The summed E-state index contributed by atoms with van der Waals surface area (Å²) in [6, 6.07) is -0.343. The second kappa shape index (κ2) is 12.9. The zero-order valence-corrected chi connectivity index (χ0v) is 22.7. The van der Waals surface area contributed by atoms with Crippen LogP contribution in [0.4, 0.5) is 0 Å². The van der Waals surface area contributed by atoms with E-state index in [0.717, 1.165) is 28.3 Å². The first kappa shape index (κ1) is 29.4. The first-order chi connectivity index (χ1) is 16.4. The summed E-state index contributed by atoms with van der Waals surface area (Å²) in [5.74, 6) is -1.40. The number of rotatable bonds is 3. The van der Waals surface area contributed by atoms with E-state index in [1.165, 1.54) is 0 Å². The molecule has 7 nitrogen and oxygen atoms in total. The van der Waals surface area contributed by atoms with Gasteiger partial charge in [0.25, 0.3) is 0 Å². The van der Waals surface area contributed by atoms with Crippen molar-refractivity contribution < 1.29 is 24.9 Å². The van der Waals surface area contributed by atoms with Crippen LogP contribution in [-0.2, 0) is 9.59 Å². The van der Waals surface area contributed by atoms with E-state index < -0.39 is 23.5 Å². The number of aliphatic hydroxyl groups is 3. The third-order valence-electron chi connectivity index (χ3n) is 7.26. The van der Waals surface area contributed by atoms with Crippen LogP contribution in [0.1, 0.15) is 77.4 Å². The van der Waals surface area contributed by atoms with Crippen LogP contribution in [0.5, 0.6) is 0 Å². The van der Waals surface area contributed by atoms with Crippen LogP contribution in [0.3, 0.4) is 0 Å². The summed E-state index contributed by atoms with van der Waals surface area (Å²) in [5.41, 5.74) is 1.43. The molecule has 0 saturated heterocycles. The highest BCUT2D eigenvalue weighted by Gasteiger charge is 2.42. The molecule has 0 spiro atoms. The number of carbonyl (C=O) groups excluding carboxylic acids is 2. The molecule has 2 heterocycles. The van der Waals surface area contributed by atoms with E-state index in [1.54, 1.807) is 32.1 Å². The Labute approximate surface area is 213 Å². The summed E-state index contributed by atoms with van der Waals surface area (Å²) in [6.45, 7) is 10.7. The molecule has 8 heteroatoms. The summed E-state index contributed by atoms with van der Waals surface area (Å²) in [4.78, 5) is 30.6. The van der Waals surface area contributed by atoms with Crippen LogP contribution in [0.2, 0.25) is 0 Å². The molecule has 0 unspecified atom stereocenters. The lowest BCUT2D eigenvalue weighted by atomic mass is 9.73. The molecule has 1 aromatic rings. The average Bonchev–Trinajstić information content (AvgIpc) is 3.21. The van der Waals surface area contributed by atoms with Gasteiger partial charge in [0, 0.05) is 11.3 Å². The standard InChI is InChI=1S/C27H42N2O5S/c1-16-8-7-9-20(14-30)10-11-22(17(2)12-21-15-35-19(4)28-21)29-24(32)13-23(31)27(5,6)26(34)18(3)25(16)33/h10,12,15-16,18,22-23,25,30-31,33H,7-9,11,13-14H2,1-6H3,(H,29,32)/b17-12+,20-10+/t16-,18+,22-,23-,25-/m0/s1. The molecule has 0 aromatic carbocycles. The third kappa shape index (κ3) is 8.07. The van der Waals surface area contributed by atoms with E-state index in [4.69, 9.17) is 0 Å². The molecule has 5 atom stereocenters. The van der Waals surface area contributed by atoms with Crippen LogP contribution in [0, 0.1) is 24.2 Å². The van der Waals surface area contributed by atoms with Crippen LogP contribution >= 0.6 is 11.3 Å². The smallest absolute Gasteiger partial charge is 0.223 e. The predicted octanol–water partition coefficient (Wildman–Crippen LogP) is 3.81. The van der Waals surface area contributed by atoms with Gasteiger partial charge in [0.15, 0.2) is 0 Å². The predicted molar refractivity (Wildman–Crippen MR) is 140 cm³/mol. The van der Waals surface area contributed by atoms with Crippen molar-refractivity contribution in [2.24, 2.45) is 17.3 Å². The summed E-state index contributed by atoms with van der Waals surface area (Å²) in [7, 11) is 0. The number of ketones is 1. The highest BCUT2D eigenvalue weighted by Crippen LogP contribution is 2.32. The van der Waals surface area contributed by atoms with Crippen LogP contribution in [0.25, 0.3) is 6.08 Å². The van der Waals surface area contributed by atoms with Gasteiger partial charge in [-0.25, -0.2) is 4.98 Å². The van der Waals surface area contributed by atoms with Gasteiger partial charge >= 0.3 is 0 Å². The quantitative estimate of drug-likeness (QED) is 0.463. The largest absolute Gasteiger partial charge is 0.392 e. The van der Waals surface area contributed by atoms with E-state index in [1.807, 2.05) is 38.3 Å². The highest BCUT2D eigenvalue weighted by molar-refractivity contribution is 7.09. The molecule has 35 heavy (non-hydrogen) atoms. The van der Waals surface area contributed by atoms with Crippen molar-refractivity contribution in [3.63, 3.8) is 0 Å². The Morgan fingerprint density at radius 3 is 2.57 bits per heavy atom. The number of hydrogen-bond acceptors (Lipinski definition) is 7. The number of thiazole rings is 1. The van der Waals surface area contributed by atoms with Crippen molar-refractivity contribution in [3.05, 3.63) is 33.3 Å². The number of amides is 1. The maximum atomic E-state index is 13.2. The minimum Gasteiger partial charge on any atom is -0.392 e. The lowest BCUT2D eigenvalue weighted by molar-refractivity contribution is -0.143.